The fourth-order valence-electron chi connectivity index (χ4n) is 3.73. The van der Waals surface area contributed by atoms with Gasteiger partial charge in [0.1, 0.15) is 17.0 Å². The zero-order chi connectivity index (χ0) is 21.2. The third-order valence-corrected chi connectivity index (χ3v) is 5.38. The van der Waals surface area contributed by atoms with Crippen LogP contribution in [0.5, 0.6) is 5.75 Å². The number of carboxylic acids is 1. The van der Waals surface area contributed by atoms with Crippen LogP contribution in [-0.4, -0.2) is 58.3 Å². The highest BCUT2D eigenvalue weighted by molar-refractivity contribution is 5.97. The van der Waals surface area contributed by atoms with Gasteiger partial charge >= 0.3 is 5.97 Å². The highest BCUT2D eigenvalue weighted by Gasteiger charge is 2.50. The monoisotopic (exact) mass is 402 g/mol. The molecule has 7 nitrogen and oxygen atoms in total. The second-order valence-corrected chi connectivity index (χ2v) is 7.32. The number of piperidine rings is 1. The van der Waals surface area contributed by atoms with Crippen LogP contribution in [0.15, 0.2) is 36.5 Å². The van der Waals surface area contributed by atoms with E-state index in [9.17, 15) is 24.2 Å². The van der Waals surface area contributed by atoms with E-state index in [4.69, 9.17) is 4.74 Å². The molecule has 3 rings (SSSR count). The second-order valence-electron chi connectivity index (χ2n) is 7.32. The predicted molar refractivity (Wildman–Crippen MR) is 102 cm³/mol. The van der Waals surface area contributed by atoms with E-state index in [-0.39, 0.29) is 37.4 Å². The van der Waals surface area contributed by atoms with Crippen LogP contribution >= 0.6 is 0 Å². The molecular weight excluding hydrogens is 379 g/mol. The minimum atomic E-state index is -1.60. The largest absolute Gasteiger partial charge is 0.494 e. The van der Waals surface area contributed by atoms with Crippen LogP contribution in [0, 0.1) is 18.2 Å². The van der Waals surface area contributed by atoms with Crippen LogP contribution in [-0.2, 0) is 11.2 Å². The molecule has 1 aromatic heterocycles. The molecule has 2 aromatic rings. The van der Waals surface area contributed by atoms with E-state index >= 15 is 0 Å². The van der Waals surface area contributed by atoms with Gasteiger partial charge in [-0.25, -0.2) is 4.39 Å². The van der Waals surface area contributed by atoms with Gasteiger partial charge in [-0.1, -0.05) is 12.1 Å². The Morgan fingerprint density at radius 1 is 1.34 bits per heavy atom. The molecular formula is C21H23FN2O5. The zero-order valence-electron chi connectivity index (χ0n) is 16.3. The number of benzene rings is 1. The number of aryl methyl sites for hydroxylation is 1. The SMILES string of the molecule is COc1cnc(C)cc1C(=O)N1CC[C@@H](O)[C@](Cc2ccc(F)cc2)(C(=O)O)C1. The number of aliphatic hydroxyl groups is 1. The van der Waals surface area contributed by atoms with E-state index in [1.54, 1.807) is 13.0 Å². The Morgan fingerprint density at radius 3 is 2.66 bits per heavy atom. The maximum atomic E-state index is 13.2. The van der Waals surface area contributed by atoms with Crippen molar-refractivity contribution in [2.75, 3.05) is 20.2 Å². The Kier molecular flexibility index (Phi) is 5.83. The van der Waals surface area contributed by atoms with E-state index in [1.165, 1.54) is 42.5 Å². The number of ether oxygens (including phenoxy) is 1. The van der Waals surface area contributed by atoms with Crippen LogP contribution < -0.4 is 4.74 Å². The molecule has 1 aliphatic rings. The number of likely N-dealkylation sites (tertiary alicyclic amines) is 1. The maximum absolute atomic E-state index is 13.2. The van der Waals surface area contributed by atoms with Crippen molar-refractivity contribution in [3.05, 3.63) is 59.2 Å². The van der Waals surface area contributed by atoms with Crippen molar-refractivity contribution < 1.29 is 28.9 Å². The van der Waals surface area contributed by atoms with Gasteiger partial charge in [0.2, 0.25) is 0 Å². The molecule has 1 saturated heterocycles. The van der Waals surface area contributed by atoms with E-state index in [2.05, 4.69) is 4.98 Å². The van der Waals surface area contributed by atoms with Crippen LogP contribution in [0.1, 0.15) is 28.0 Å². The minimum absolute atomic E-state index is 0.0277. The van der Waals surface area contributed by atoms with Crippen molar-refractivity contribution >= 4 is 11.9 Å². The summed E-state index contributed by atoms with van der Waals surface area (Å²) in [6.45, 7) is 1.78. The number of aliphatic hydroxyl groups excluding tert-OH is 1. The summed E-state index contributed by atoms with van der Waals surface area (Å²) >= 11 is 0. The number of halogens is 1. The van der Waals surface area contributed by atoms with Gasteiger partial charge in [0.15, 0.2) is 0 Å². The van der Waals surface area contributed by atoms with Gasteiger partial charge in [0, 0.05) is 18.8 Å². The minimum Gasteiger partial charge on any atom is -0.494 e. The summed E-state index contributed by atoms with van der Waals surface area (Å²) in [7, 11) is 1.43. The molecule has 0 spiro atoms. The lowest BCUT2D eigenvalue weighted by Gasteiger charge is -2.43. The lowest BCUT2D eigenvalue weighted by atomic mass is 9.72. The molecule has 1 aliphatic heterocycles. The number of hydrogen-bond acceptors (Lipinski definition) is 5. The van der Waals surface area contributed by atoms with Gasteiger partial charge in [-0.2, -0.15) is 0 Å². The Morgan fingerprint density at radius 2 is 2.03 bits per heavy atom. The van der Waals surface area contributed by atoms with Crippen LogP contribution in [0.3, 0.4) is 0 Å². The fraction of sp³-hybridized carbons (Fsp3) is 0.381. The molecule has 1 amide bonds. The van der Waals surface area contributed by atoms with Gasteiger partial charge in [0.05, 0.1) is 25.0 Å². The van der Waals surface area contributed by atoms with Crippen LogP contribution in [0.2, 0.25) is 0 Å². The molecule has 0 unspecified atom stereocenters. The Bertz CT molecular complexity index is 918. The quantitative estimate of drug-likeness (QED) is 0.794. The Hall–Kier alpha value is -3.00. The van der Waals surface area contributed by atoms with E-state index in [1.807, 2.05) is 0 Å². The third-order valence-electron chi connectivity index (χ3n) is 5.38. The molecule has 8 heteroatoms. The van der Waals surface area contributed by atoms with Gasteiger partial charge < -0.3 is 19.8 Å². The molecule has 1 aromatic carbocycles. The summed E-state index contributed by atoms with van der Waals surface area (Å²) in [4.78, 5) is 30.9. The number of carbonyl (C=O) groups excluding carboxylic acids is 1. The number of hydrogen-bond donors (Lipinski definition) is 2. The first-order valence-electron chi connectivity index (χ1n) is 9.22. The first-order chi connectivity index (χ1) is 13.8. The topological polar surface area (TPSA) is 100.0 Å². The van der Waals surface area contributed by atoms with Gasteiger partial charge in [0.25, 0.3) is 5.91 Å². The number of pyridine rings is 1. The fourth-order valence-corrected chi connectivity index (χ4v) is 3.73. The van der Waals surface area contributed by atoms with Crippen LogP contribution in [0.4, 0.5) is 4.39 Å². The van der Waals surface area contributed by atoms with Gasteiger partial charge in [-0.05, 0) is 43.5 Å². The molecule has 154 valence electrons. The maximum Gasteiger partial charge on any atom is 0.314 e. The molecule has 0 saturated carbocycles. The van der Waals surface area contributed by atoms with Gasteiger partial charge in [-0.3, -0.25) is 14.6 Å². The normalized spacial score (nSPS) is 21.7. The lowest BCUT2D eigenvalue weighted by molar-refractivity contribution is -0.161. The van der Waals surface area contributed by atoms with E-state index in [0.717, 1.165) is 0 Å². The summed E-state index contributed by atoms with van der Waals surface area (Å²) in [5.74, 6) is -1.72. The number of rotatable bonds is 5. The zero-order valence-corrected chi connectivity index (χ0v) is 16.3. The van der Waals surface area contributed by atoms with Crippen molar-refractivity contribution in [1.29, 1.82) is 0 Å². The molecule has 29 heavy (non-hydrogen) atoms. The van der Waals surface area contributed by atoms with Gasteiger partial charge in [-0.15, -0.1) is 0 Å². The molecule has 1 fully saturated rings. The number of amides is 1. The third kappa shape index (κ3) is 4.07. The predicted octanol–water partition coefficient (Wildman–Crippen LogP) is 2.06. The lowest BCUT2D eigenvalue weighted by Crippen LogP contribution is -2.58. The molecule has 0 aliphatic carbocycles. The van der Waals surface area contributed by atoms with Crippen molar-refractivity contribution in [2.45, 2.75) is 25.9 Å². The van der Waals surface area contributed by atoms with E-state index in [0.29, 0.717) is 17.0 Å². The number of carbonyl (C=O) groups is 2. The number of aliphatic carboxylic acids is 1. The number of aromatic nitrogens is 1. The summed E-state index contributed by atoms with van der Waals surface area (Å²) in [5.41, 5.74) is -0.111. The summed E-state index contributed by atoms with van der Waals surface area (Å²) < 4.78 is 18.4. The van der Waals surface area contributed by atoms with E-state index < -0.39 is 23.3 Å². The van der Waals surface area contributed by atoms with Crippen molar-refractivity contribution in [3.63, 3.8) is 0 Å². The summed E-state index contributed by atoms with van der Waals surface area (Å²) in [6.07, 6.45) is 0.394. The first-order valence-corrected chi connectivity index (χ1v) is 9.22. The number of carboxylic acid groups (broad SMARTS) is 1. The average Bonchev–Trinajstić information content (AvgIpc) is 2.70. The number of methoxy groups -OCH3 is 1. The Balaban J connectivity index is 1.93. The molecule has 2 N–H and O–H groups in total. The molecule has 0 radical (unpaired) electrons. The second kappa shape index (κ2) is 8.16. The smallest absolute Gasteiger partial charge is 0.314 e. The first kappa shape index (κ1) is 20.7. The highest BCUT2D eigenvalue weighted by atomic mass is 19.1. The van der Waals surface area contributed by atoms with Crippen molar-refractivity contribution in [1.82, 2.24) is 9.88 Å². The molecule has 0 bridgehead atoms. The number of nitrogens with zero attached hydrogens (tertiary/aromatic N) is 2. The van der Waals surface area contributed by atoms with Crippen molar-refractivity contribution in [3.8, 4) is 5.75 Å². The summed E-state index contributed by atoms with van der Waals surface area (Å²) in [5, 5.41) is 20.6. The highest BCUT2D eigenvalue weighted by Crippen LogP contribution is 2.36. The average molecular weight is 402 g/mol. The summed E-state index contributed by atoms with van der Waals surface area (Å²) in [6, 6.07) is 7.06. The standard InChI is InChI=1S/C21H23FN2O5/c1-13-9-16(17(29-2)11-23-13)19(26)24-8-7-18(25)21(12-24,20(27)28)10-14-3-5-15(22)6-4-14/h3-6,9,11,18,25H,7-8,10,12H2,1-2H3,(H,27,28)/t18-,21-/m1/s1. The van der Waals surface area contributed by atoms with Crippen LogP contribution in [0.25, 0.3) is 0 Å². The molecule has 2 atom stereocenters. The Labute approximate surface area is 167 Å². The van der Waals surface area contributed by atoms with Crippen molar-refractivity contribution in [2.24, 2.45) is 5.41 Å². The molecule has 2 heterocycles.